The second-order valence-electron chi connectivity index (χ2n) is 9.93. The minimum absolute atomic E-state index is 0.0759. The van der Waals surface area contributed by atoms with E-state index in [0.717, 1.165) is 23.7 Å². The number of nitrogens with one attached hydrogen (secondary N) is 2. The molecule has 1 saturated heterocycles. The fourth-order valence-corrected chi connectivity index (χ4v) is 5.21. The van der Waals surface area contributed by atoms with E-state index in [2.05, 4.69) is 32.7 Å². The minimum atomic E-state index is -4.45. The maximum Gasteiger partial charge on any atom is 0.416 e. The van der Waals surface area contributed by atoms with Gasteiger partial charge in [-0.1, -0.05) is 6.92 Å². The highest BCUT2D eigenvalue weighted by Crippen LogP contribution is 2.40. The standard InChI is InChI=1S/C29H28F3N7O/c1-2-22-14-25(23-13-21(29(30,31)32)3-4-24(23)36-22)37-28-35-17-27(39-5-7-40-8-6-39)26(38-28)12-18-9-19(15-33)11-20(10-18)16-34/h3-4,9-11,13,17,22,25,36H,2,5-8,12,14H2,1H3,(H,35,37,38). The number of nitrogens with zero attached hydrogens (tertiary/aromatic N) is 5. The van der Waals surface area contributed by atoms with Crippen molar-refractivity contribution in [2.45, 2.75) is 44.4 Å². The Morgan fingerprint density at radius 3 is 2.48 bits per heavy atom. The fraction of sp³-hybridized carbons (Fsp3) is 0.379. The zero-order valence-electron chi connectivity index (χ0n) is 21.9. The maximum absolute atomic E-state index is 13.5. The molecule has 40 heavy (non-hydrogen) atoms. The van der Waals surface area contributed by atoms with Gasteiger partial charge in [-0.3, -0.25) is 0 Å². The van der Waals surface area contributed by atoms with Crippen LogP contribution in [0.5, 0.6) is 0 Å². The molecule has 8 nitrogen and oxygen atoms in total. The first-order valence-corrected chi connectivity index (χ1v) is 13.1. The molecule has 3 aromatic rings. The number of hydrogen-bond acceptors (Lipinski definition) is 8. The third kappa shape index (κ3) is 5.95. The molecule has 206 valence electrons. The van der Waals surface area contributed by atoms with E-state index >= 15 is 0 Å². The van der Waals surface area contributed by atoms with Gasteiger partial charge in [0.1, 0.15) is 0 Å². The van der Waals surface area contributed by atoms with E-state index in [1.807, 2.05) is 6.92 Å². The van der Waals surface area contributed by atoms with Crippen LogP contribution in [0.4, 0.5) is 30.5 Å². The van der Waals surface area contributed by atoms with Crippen LogP contribution < -0.4 is 15.5 Å². The van der Waals surface area contributed by atoms with Crippen molar-refractivity contribution in [1.82, 2.24) is 9.97 Å². The Morgan fingerprint density at radius 1 is 1.10 bits per heavy atom. The number of nitriles is 2. The minimum Gasteiger partial charge on any atom is -0.382 e. The van der Waals surface area contributed by atoms with Crippen LogP contribution >= 0.6 is 0 Å². The molecule has 3 heterocycles. The lowest BCUT2D eigenvalue weighted by Gasteiger charge is -2.34. The number of aromatic nitrogens is 2. The highest BCUT2D eigenvalue weighted by Gasteiger charge is 2.34. The van der Waals surface area contributed by atoms with Crippen molar-refractivity contribution in [3.05, 3.63) is 76.1 Å². The van der Waals surface area contributed by atoms with E-state index in [9.17, 15) is 23.7 Å². The highest BCUT2D eigenvalue weighted by atomic mass is 19.4. The van der Waals surface area contributed by atoms with Crippen molar-refractivity contribution >= 4 is 17.3 Å². The Balaban J connectivity index is 1.51. The first kappa shape index (κ1) is 27.2. The molecule has 0 saturated carbocycles. The molecule has 0 aliphatic carbocycles. The summed E-state index contributed by atoms with van der Waals surface area (Å²) in [6.07, 6.45) is -1.03. The van der Waals surface area contributed by atoms with Crippen LogP contribution in [-0.2, 0) is 17.3 Å². The lowest BCUT2D eigenvalue weighted by Crippen LogP contribution is -2.37. The molecule has 11 heteroatoms. The van der Waals surface area contributed by atoms with Crippen molar-refractivity contribution < 1.29 is 17.9 Å². The summed E-state index contributed by atoms with van der Waals surface area (Å²) in [4.78, 5) is 11.5. The molecule has 2 aromatic carbocycles. The molecule has 2 aliphatic heterocycles. The summed E-state index contributed by atoms with van der Waals surface area (Å²) < 4.78 is 46.1. The highest BCUT2D eigenvalue weighted by molar-refractivity contribution is 5.60. The number of rotatable bonds is 6. The van der Waals surface area contributed by atoms with Gasteiger partial charge >= 0.3 is 6.18 Å². The van der Waals surface area contributed by atoms with E-state index in [1.165, 1.54) is 18.2 Å². The lowest BCUT2D eigenvalue weighted by molar-refractivity contribution is -0.137. The third-order valence-electron chi connectivity index (χ3n) is 7.25. The quantitative estimate of drug-likeness (QED) is 0.422. The zero-order chi connectivity index (χ0) is 28.3. The summed E-state index contributed by atoms with van der Waals surface area (Å²) in [5.41, 5.74) is 3.48. The van der Waals surface area contributed by atoms with Crippen LogP contribution in [0.2, 0.25) is 0 Å². The molecule has 2 unspecified atom stereocenters. The SMILES string of the molecule is CCC1CC(Nc2ncc(N3CCOCC3)c(Cc3cc(C#N)cc(C#N)c3)n2)c2cc(C(F)(F)F)ccc2N1. The Labute approximate surface area is 230 Å². The average Bonchev–Trinajstić information content (AvgIpc) is 2.96. The summed E-state index contributed by atoms with van der Waals surface area (Å²) in [6.45, 7) is 4.47. The summed E-state index contributed by atoms with van der Waals surface area (Å²) >= 11 is 0. The summed E-state index contributed by atoms with van der Waals surface area (Å²) in [7, 11) is 0. The van der Waals surface area contributed by atoms with Crippen LogP contribution in [0.1, 0.15) is 59.3 Å². The number of ether oxygens (including phenoxy) is 1. The lowest BCUT2D eigenvalue weighted by atomic mass is 9.90. The Morgan fingerprint density at radius 2 is 1.82 bits per heavy atom. The fourth-order valence-electron chi connectivity index (χ4n) is 5.21. The van der Waals surface area contributed by atoms with Crippen LogP contribution in [0.25, 0.3) is 0 Å². The van der Waals surface area contributed by atoms with Crippen molar-refractivity contribution in [2.24, 2.45) is 0 Å². The number of benzene rings is 2. The second-order valence-corrected chi connectivity index (χ2v) is 9.93. The number of morpholine rings is 1. The average molecular weight is 548 g/mol. The largest absolute Gasteiger partial charge is 0.416 e. The van der Waals surface area contributed by atoms with Gasteiger partial charge in [-0.2, -0.15) is 23.7 Å². The molecule has 0 amide bonds. The first-order valence-electron chi connectivity index (χ1n) is 13.1. The van der Waals surface area contributed by atoms with Crippen LogP contribution in [0.15, 0.2) is 42.6 Å². The van der Waals surface area contributed by atoms with E-state index < -0.39 is 17.8 Å². The molecular weight excluding hydrogens is 519 g/mol. The molecule has 0 radical (unpaired) electrons. The van der Waals surface area contributed by atoms with Gasteiger partial charge in [0.15, 0.2) is 0 Å². The summed E-state index contributed by atoms with van der Waals surface area (Å²) in [6, 6.07) is 12.6. The van der Waals surface area contributed by atoms with E-state index in [0.29, 0.717) is 73.2 Å². The molecule has 2 atom stereocenters. The first-order chi connectivity index (χ1) is 19.3. The molecule has 1 fully saturated rings. The van der Waals surface area contributed by atoms with E-state index in [1.54, 1.807) is 18.3 Å². The Bertz CT molecular complexity index is 1440. The zero-order valence-corrected chi connectivity index (χ0v) is 21.9. The van der Waals surface area contributed by atoms with Crippen molar-refractivity contribution in [3.8, 4) is 12.1 Å². The third-order valence-corrected chi connectivity index (χ3v) is 7.25. The van der Waals surface area contributed by atoms with E-state index in [-0.39, 0.29) is 6.04 Å². The Hall–Kier alpha value is -4.35. The predicted molar refractivity (Wildman–Crippen MR) is 144 cm³/mol. The normalized spacial score (nSPS) is 18.7. The van der Waals surface area contributed by atoms with Crippen molar-refractivity contribution in [2.75, 3.05) is 41.8 Å². The van der Waals surface area contributed by atoms with Crippen LogP contribution in [0.3, 0.4) is 0 Å². The maximum atomic E-state index is 13.5. The summed E-state index contributed by atoms with van der Waals surface area (Å²) in [5, 5.41) is 25.5. The van der Waals surface area contributed by atoms with Gasteiger partial charge in [0, 0.05) is 31.2 Å². The molecule has 0 bridgehead atoms. The topological polar surface area (TPSA) is 110 Å². The number of anilines is 3. The number of halogens is 3. The van der Waals surface area contributed by atoms with Gasteiger partial charge < -0.3 is 20.3 Å². The van der Waals surface area contributed by atoms with Crippen molar-refractivity contribution in [1.29, 1.82) is 10.5 Å². The van der Waals surface area contributed by atoms with Gasteiger partial charge in [-0.15, -0.1) is 0 Å². The molecular formula is C29H28F3N7O. The number of hydrogen-bond donors (Lipinski definition) is 2. The smallest absolute Gasteiger partial charge is 0.382 e. The van der Waals surface area contributed by atoms with Crippen LogP contribution in [-0.4, -0.2) is 42.3 Å². The van der Waals surface area contributed by atoms with Crippen molar-refractivity contribution in [3.63, 3.8) is 0 Å². The van der Waals surface area contributed by atoms with Gasteiger partial charge in [0.2, 0.25) is 5.95 Å². The van der Waals surface area contributed by atoms with Gasteiger partial charge in [-0.05, 0) is 60.4 Å². The van der Waals surface area contributed by atoms with Crippen LogP contribution in [0, 0.1) is 22.7 Å². The van der Waals surface area contributed by atoms with E-state index in [4.69, 9.17) is 9.72 Å². The molecule has 2 N–H and O–H groups in total. The number of alkyl halides is 3. The van der Waals surface area contributed by atoms with Gasteiger partial charge in [0.05, 0.1) is 65.7 Å². The summed E-state index contributed by atoms with van der Waals surface area (Å²) in [5.74, 6) is 0.300. The Kier molecular flexibility index (Phi) is 7.76. The monoisotopic (exact) mass is 547 g/mol. The van der Waals surface area contributed by atoms with Gasteiger partial charge in [-0.25, -0.2) is 9.97 Å². The molecule has 2 aliphatic rings. The second kappa shape index (κ2) is 11.4. The van der Waals surface area contributed by atoms with Gasteiger partial charge in [0.25, 0.3) is 0 Å². The molecule has 0 spiro atoms. The molecule has 5 rings (SSSR count). The molecule has 1 aromatic heterocycles. The number of fused-ring (bicyclic) bond motifs is 1. The predicted octanol–water partition coefficient (Wildman–Crippen LogP) is 5.41.